The Morgan fingerprint density at radius 3 is 2.26 bits per heavy atom. The lowest BCUT2D eigenvalue weighted by Gasteiger charge is -2.30. The van der Waals surface area contributed by atoms with Gasteiger partial charge >= 0.3 is 0 Å². The standard InChI is InChI=1S/C30H41N3O5/c1-22(2)21-27(29(35)31-33(23(3)34)25-16-8-5-9-17-25)26(18-12-15-24-13-6-4-7-14-24)30(36)32-38-28-19-10-11-20-37-28/h4-9,13-14,16-17,22,26-28H,10-12,15,18-21H2,1-3H3,(H,31,35)(H,32,36)/t26-,27?,28+/m1/s1. The van der Waals surface area contributed by atoms with Crippen molar-refractivity contribution in [3.05, 3.63) is 66.2 Å². The first-order valence-electron chi connectivity index (χ1n) is 13.6. The molecular formula is C30H41N3O5. The minimum atomic E-state index is -0.660. The van der Waals surface area contributed by atoms with E-state index in [1.54, 1.807) is 24.3 Å². The van der Waals surface area contributed by atoms with Crippen LogP contribution in [0.5, 0.6) is 0 Å². The Balaban J connectivity index is 1.78. The molecule has 0 aliphatic carbocycles. The van der Waals surface area contributed by atoms with Crippen LogP contribution in [0.2, 0.25) is 0 Å². The van der Waals surface area contributed by atoms with Crippen molar-refractivity contribution in [2.75, 3.05) is 11.6 Å². The molecule has 8 heteroatoms. The van der Waals surface area contributed by atoms with Gasteiger partial charge in [0.15, 0.2) is 6.29 Å². The van der Waals surface area contributed by atoms with Gasteiger partial charge in [-0.15, -0.1) is 0 Å². The molecule has 3 atom stereocenters. The van der Waals surface area contributed by atoms with Crippen LogP contribution >= 0.6 is 0 Å². The van der Waals surface area contributed by atoms with Gasteiger partial charge in [0, 0.05) is 20.0 Å². The van der Waals surface area contributed by atoms with Gasteiger partial charge in [-0.25, -0.2) is 15.3 Å². The van der Waals surface area contributed by atoms with Crippen molar-refractivity contribution in [1.29, 1.82) is 0 Å². The third-order valence-corrected chi connectivity index (χ3v) is 6.69. The van der Waals surface area contributed by atoms with Crippen LogP contribution < -0.4 is 15.9 Å². The first kappa shape index (κ1) is 29.3. The Morgan fingerprint density at radius 1 is 0.974 bits per heavy atom. The van der Waals surface area contributed by atoms with E-state index in [0.717, 1.165) is 25.7 Å². The molecular weight excluding hydrogens is 482 g/mol. The highest BCUT2D eigenvalue weighted by molar-refractivity contribution is 5.96. The zero-order chi connectivity index (χ0) is 27.3. The third kappa shape index (κ3) is 9.26. The van der Waals surface area contributed by atoms with Gasteiger partial charge in [0.25, 0.3) is 0 Å². The van der Waals surface area contributed by atoms with Crippen LogP contribution in [-0.2, 0) is 30.4 Å². The fraction of sp³-hybridized carbons (Fsp3) is 0.500. The van der Waals surface area contributed by atoms with Gasteiger partial charge in [-0.3, -0.25) is 19.8 Å². The average Bonchev–Trinajstić information content (AvgIpc) is 2.93. The summed E-state index contributed by atoms with van der Waals surface area (Å²) in [7, 11) is 0. The maximum atomic E-state index is 13.7. The zero-order valence-electron chi connectivity index (χ0n) is 22.7. The van der Waals surface area contributed by atoms with Gasteiger partial charge < -0.3 is 4.74 Å². The Labute approximate surface area is 226 Å². The van der Waals surface area contributed by atoms with E-state index >= 15 is 0 Å². The van der Waals surface area contributed by atoms with Crippen LogP contribution in [0.1, 0.15) is 64.9 Å². The van der Waals surface area contributed by atoms with Crippen molar-refractivity contribution in [3.63, 3.8) is 0 Å². The van der Waals surface area contributed by atoms with E-state index in [-0.39, 0.29) is 23.6 Å². The number of hydroxylamine groups is 1. The number of carbonyl (C=O) groups is 3. The molecule has 2 N–H and O–H groups in total. The quantitative estimate of drug-likeness (QED) is 0.384. The second kappa shape index (κ2) is 15.2. The van der Waals surface area contributed by atoms with Crippen LogP contribution in [0, 0.1) is 17.8 Å². The van der Waals surface area contributed by atoms with Crippen molar-refractivity contribution >= 4 is 23.4 Å². The van der Waals surface area contributed by atoms with Gasteiger partial charge in [0.1, 0.15) is 0 Å². The number of hydrogen-bond donors (Lipinski definition) is 2. The molecule has 2 aromatic carbocycles. The summed E-state index contributed by atoms with van der Waals surface area (Å²) in [5, 5.41) is 1.24. The summed E-state index contributed by atoms with van der Waals surface area (Å²) in [5.41, 5.74) is 7.11. The number of rotatable bonds is 12. The van der Waals surface area contributed by atoms with E-state index in [2.05, 4.69) is 23.0 Å². The molecule has 38 heavy (non-hydrogen) atoms. The number of carbonyl (C=O) groups excluding carboxylic acids is 3. The lowest BCUT2D eigenvalue weighted by atomic mass is 9.81. The summed E-state index contributed by atoms with van der Waals surface area (Å²) in [6.07, 6.45) is 4.65. The maximum absolute atomic E-state index is 13.7. The van der Waals surface area contributed by atoms with Crippen LogP contribution in [-0.4, -0.2) is 30.6 Å². The van der Waals surface area contributed by atoms with Gasteiger partial charge in [0.2, 0.25) is 17.7 Å². The van der Waals surface area contributed by atoms with E-state index in [1.807, 2.05) is 38.1 Å². The summed E-state index contributed by atoms with van der Waals surface area (Å²) in [6.45, 7) is 6.03. The molecule has 3 rings (SSSR count). The second-order valence-electron chi connectivity index (χ2n) is 10.3. The molecule has 0 saturated carbocycles. The molecule has 1 saturated heterocycles. The van der Waals surface area contributed by atoms with E-state index < -0.39 is 18.1 Å². The lowest BCUT2D eigenvalue weighted by molar-refractivity contribution is -0.203. The van der Waals surface area contributed by atoms with Crippen molar-refractivity contribution < 1.29 is 24.0 Å². The van der Waals surface area contributed by atoms with Crippen LogP contribution in [0.25, 0.3) is 0 Å². The average molecular weight is 524 g/mol. The Morgan fingerprint density at radius 2 is 1.66 bits per heavy atom. The molecule has 1 heterocycles. The number of nitrogens with one attached hydrogen (secondary N) is 2. The molecule has 1 unspecified atom stereocenters. The number of hydrazine groups is 1. The molecule has 0 bridgehead atoms. The number of amides is 3. The monoisotopic (exact) mass is 523 g/mol. The van der Waals surface area contributed by atoms with Crippen molar-refractivity contribution in [2.24, 2.45) is 17.8 Å². The Bertz CT molecular complexity index is 1010. The Kier molecular flexibility index (Phi) is 11.8. The molecule has 3 amide bonds. The number of nitrogens with zero attached hydrogens (tertiary/aromatic N) is 1. The fourth-order valence-corrected chi connectivity index (χ4v) is 4.75. The summed E-state index contributed by atoms with van der Waals surface area (Å²) in [6, 6.07) is 19.0. The van der Waals surface area contributed by atoms with Crippen LogP contribution in [0.15, 0.2) is 60.7 Å². The predicted molar refractivity (Wildman–Crippen MR) is 146 cm³/mol. The van der Waals surface area contributed by atoms with E-state index in [0.29, 0.717) is 31.6 Å². The van der Waals surface area contributed by atoms with Crippen molar-refractivity contribution in [1.82, 2.24) is 10.9 Å². The third-order valence-electron chi connectivity index (χ3n) is 6.69. The molecule has 0 radical (unpaired) electrons. The SMILES string of the molecule is CC(=O)N(NC(=O)C(CC(C)C)[C@@H](CCCc1ccccc1)C(=O)NO[C@H]1CCCCO1)c1ccccc1. The molecule has 206 valence electrons. The summed E-state index contributed by atoms with van der Waals surface area (Å²) >= 11 is 0. The highest BCUT2D eigenvalue weighted by Crippen LogP contribution is 2.27. The van der Waals surface area contributed by atoms with Crippen molar-refractivity contribution in [3.8, 4) is 0 Å². The largest absolute Gasteiger partial charge is 0.350 e. The highest BCUT2D eigenvalue weighted by Gasteiger charge is 2.36. The summed E-state index contributed by atoms with van der Waals surface area (Å²) < 4.78 is 5.59. The molecule has 0 spiro atoms. The minimum absolute atomic E-state index is 0.153. The summed E-state index contributed by atoms with van der Waals surface area (Å²) in [5.74, 6) is -2.19. The molecule has 0 aromatic heterocycles. The molecule has 8 nitrogen and oxygen atoms in total. The molecule has 1 aliphatic rings. The van der Waals surface area contributed by atoms with Gasteiger partial charge in [-0.2, -0.15) is 0 Å². The van der Waals surface area contributed by atoms with Crippen LogP contribution in [0.4, 0.5) is 5.69 Å². The van der Waals surface area contributed by atoms with Gasteiger partial charge in [-0.1, -0.05) is 62.4 Å². The zero-order valence-corrected chi connectivity index (χ0v) is 22.7. The van der Waals surface area contributed by atoms with E-state index in [9.17, 15) is 14.4 Å². The van der Waals surface area contributed by atoms with E-state index in [1.165, 1.54) is 17.5 Å². The Hall–Kier alpha value is -3.23. The van der Waals surface area contributed by atoms with Gasteiger partial charge in [0.05, 0.1) is 17.5 Å². The fourth-order valence-electron chi connectivity index (χ4n) is 4.75. The maximum Gasteiger partial charge on any atom is 0.247 e. The second-order valence-corrected chi connectivity index (χ2v) is 10.3. The lowest BCUT2D eigenvalue weighted by Crippen LogP contribution is -2.51. The number of benzene rings is 2. The number of aryl methyl sites for hydroxylation is 1. The first-order chi connectivity index (χ1) is 18.3. The van der Waals surface area contributed by atoms with Gasteiger partial charge in [-0.05, 0) is 62.1 Å². The van der Waals surface area contributed by atoms with Crippen molar-refractivity contribution in [2.45, 2.75) is 72.0 Å². The van der Waals surface area contributed by atoms with Crippen LogP contribution in [0.3, 0.4) is 0 Å². The topological polar surface area (TPSA) is 97.0 Å². The predicted octanol–water partition coefficient (Wildman–Crippen LogP) is 4.95. The molecule has 2 aromatic rings. The smallest absolute Gasteiger partial charge is 0.247 e. The number of anilines is 1. The first-order valence-corrected chi connectivity index (χ1v) is 13.6. The normalized spacial score (nSPS) is 16.9. The summed E-state index contributed by atoms with van der Waals surface area (Å²) in [4.78, 5) is 45.2. The number of hydrogen-bond acceptors (Lipinski definition) is 5. The minimum Gasteiger partial charge on any atom is -0.350 e. The number of ether oxygens (including phenoxy) is 1. The van der Waals surface area contributed by atoms with E-state index in [4.69, 9.17) is 9.57 Å². The number of para-hydroxylation sites is 1. The molecule has 1 aliphatic heterocycles. The highest BCUT2D eigenvalue weighted by atomic mass is 16.8. The molecule has 1 fully saturated rings.